The van der Waals surface area contributed by atoms with Gasteiger partial charge in [-0.25, -0.2) is 0 Å². The molecular weight excluding hydrogens is 306 g/mol. The maximum atomic E-state index is 11.7. The summed E-state index contributed by atoms with van der Waals surface area (Å²) in [5.74, 6) is 2.52. The Morgan fingerprint density at radius 3 is 2.74 bits per heavy atom. The molecule has 2 aromatic rings. The number of hydrogen-bond donors (Lipinski definition) is 1. The van der Waals surface area contributed by atoms with Crippen molar-refractivity contribution >= 4 is 17.7 Å². The molecule has 0 saturated heterocycles. The standard InChI is InChI=1S/C19H23NO2S/c1-15-6-5-9-18(12-15)22-13-19(21)20-10-11-23-14-17-8-4-3-7-16(17)2/h3-9,12H,10-11,13-14H2,1-2H3,(H,20,21). The van der Waals surface area contributed by atoms with Gasteiger partial charge in [0.25, 0.3) is 5.91 Å². The minimum atomic E-state index is -0.0806. The number of ether oxygens (including phenoxy) is 1. The minimum absolute atomic E-state index is 0.0614. The third-order valence-corrected chi connectivity index (χ3v) is 4.45. The van der Waals surface area contributed by atoms with Gasteiger partial charge in [0.2, 0.25) is 0 Å². The number of aryl methyl sites for hydroxylation is 2. The molecule has 0 radical (unpaired) electrons. The summed E-state index contributed by atoms with van der Waals surface area (Å²) in [6.45, 7) is 4.84. The number of hydrogen-bond acceptors (Lipinski definition) is 3. The molecule has 0 aliphatic carbocycles. The highest BCUT2D eigenvalue weighted by molar-refractivity contribution is 7.98. The second kappa shape index (κ2) is 9.26. The smallest absolute Gasteiger partial charge is 0.257 e. The molecule has 0 unspecified atom stereocenters. The number of benzene rings is 2. The molecule has 0 aliphatic rings. The van der Waals surface area contributed by atoms with Gasteiger partial charge in [0.1, 0.15) is 5.75 Å². The normalized spacial score (nSPS) is 10.3. The average molecular weight is 329 g/mol. The number of carbonyl (C=O) groups is 1. The lowest BCUT2D eigenvalue weighted by molar-refractivity contribution is -0.122. The number of thioether (sulfide) groups is 1. The van der Waals surface area contributed by atoms with E-state index in [1.807, 2.05) is 43.0 Å². The maximum Gasteiger partial charge on any atom is 0.257 e. The summed E-state index contributed by atoms with van der Waals surface area (Å²) in [6.07, 6.45) is 0. The van der Waals surface area contributed by atoms with Crippen LogP contribution in [0, 0.1) is 13.8 Å². The molecule has 4 heteroatoms. The molecule has 1 N–H and O–H groups in total. The van der Waals surface area contributed by atoms with E-state index in [-0.39, 0.29) is 12.5 Å². The van der Waals surface area contributed by atoms with Crippen molar-refractivity contribution in [3.63, 3.8) is 0 Å². The molecule has 122 valence electrons. The summed E-state index contributed by atoms with van der Waals surface area (Å²) < 4.78 is 5.47. The van der Waals surface area contributed by atoms with Crippen molar-refractivity contribution in [2.75, 3.05) is 18.9 Å². The summed E-state index contributed by atoms with van der Waals surface area (Å²) in [5.41, 5.74) is 3.79. The second-order valence-electron chi connectivity index (χ2n) is 5.43. The SMILES string of the molecule is Cc1cccc(OCC(=O)NCCSCc2ccccc2C)c1. The van der Waals surface area contributed by atoms with Crippen molar-refractivity contribution in [2.24, 2.45) is 0 Å². The minimum Gasteiger partial charge on any atom is -0.484 e. The molecule has 3 nitrogen and oxygen atoms in total. The first kappa shape index (κ1) is 17.4. The summed E-state index contributed by atoms with van der Waals surface area (Å²) in [4.78, 5) is 11.7. The monoisotopic (exact) mass is 329 g/mol. The van der Waals surface area contributed by atoms with Crippen LogP contribution in [0.2, 0.25) is 0 Å². The lowest BCUT2D eigenvalue weighted by atomic mass is 10.1. The van der Waals surface area contributed by atoms with Gasteiger partial charge in [-0.2, -0.15) is 11.8 Å². The Bertz CT molecular complexity index is 643. The molecule has 0 bridgehead atoms. The van der Waals surface area contributed by atoms with E-state index in [0.717, 1.165) is 22.8 Å². The largest absolute Gasteiger partial charge is 0.484 e. The molecule has 23 heavy (non-hydrogen) atoms. The van der Waals surface area contributed by atoms with E-state index in [4.69, 9.17) is 4.74 Å². The molecule has 0 aromatic heterocycles. The first-order chi connectivity index (χ1) is 11.1. The molecular formula is C19H23NO2S. The van der Waals surface area contributed by atoms with E-state index in [9.17, 15) is 4.79 Å². The van der Waals surface area contributed by atoms with E-state index < -0.39 is 0 Å². The van der Waals surface area contributed by atoms with Gasteiger partial charge in [0.05, 0.1) is 0 Å². The van der Waals surface area contributed by atoms with Gasteiger partial charge in [0, 0.05) is 18.1 Å². The highest BCUT2D eigenvalue weighted by Gasteiger charge is 2.03. The van der Waals surface area contributed by atoms with Crippen LogP contribution in [0.4, 0.5) is 0 Å². The number of rotatable bonds is 8. The van der Waals surface area contributed by atoms with E-state index >= 15 is 0 Å². The van der Waals surface area contributed by atoms with Gasteiger partial charge in [-0.3, -0.25) is 4.79 Å². The van der Waals surface area contributed by atoms with Crippen LogP contribution in [0.25, 0.3) is 0 Å². The van der Waals surface area contributed by atoms with Crippen LogP contribution in [0.15, 0.2) is 48.5 Å². The zero-order valence-corrected chi connectivity index (χ0v) is 14.5. The molecule has 0 saturated carbocycles. The predicted octanol–water partition coefficient (Wildman–Crippen LogP) is 3.73. The van der Waals surface area contributed by atoms with E-state index in [1.165, 1.54) is 11.1 Å². The molecule has 0 spiro atoms. The highest BCUT2D eigenvalue weighted by atomic mass is 32.2. The first-order valence-corrected chi connectivity index (χ1v) is 8.89. The molecule has 2 aromatic carbocycles. The topological polar surface area (TPSA) is 38.3 Å². The van der Waals surface area contributed by atoms with Crippen LogP contribution in [0.5, 0.6) is 5.75 Å². The van der Waals surface area contributed by atoms with Crippen molar-refractivity contribution in [1.29, 1.82) is 0 Å². The Kier molecular flexibility index (Phi) is 7.01. The van der Waals surface area contributed by atoms with E-state index in [1.54, 1.807) is 0 Å². The van der Waals surface area contributed by atoms with Crippen molar-refractivity contribution < 1.29 is 9.53 Å². The third kappa shape index (κ3) is 6.37. The van der Waals surface area contributed by atoms with E-state index in [0.29, 0.717) is 6.54 Å². The van der Waals surface area contributed by atoms with Crippen LogP contribution in [0.1, 0.15) is 16.7 Å². The lowest BCUT2D eigenvalue weighted by Crippen LogP contribution is -2.30. The third-order valence-electron chi connectivity index (χ3n) is 3.45. The van der Waals surface area contributed by atoms with Crippen molar-refractivity contribution in [3.05, 3.63) is 65.2 Å². The summed E-state index contributed by atoms with van der Waals surface area (Å²) in [7, 11) is 0. The van der Waals surface area contributed by atoms with Gasteiger partial charge < -0.3 is 10.1 Å². The predicted molar refractivity (Wildman–Crippen MR) is 97.0 cm³/mol. The lowest BCUT2D eigenvalue weighted by Gasteiger charge is -2.08. The fourth-order valence-electron chi connectivity index (χ4n) is 2.12. The van der Waals surface area contributed by atoms with Gasteiger partial charge in [-0.05, 0) is 42.7 Å². The average Bonchev–Trinajstić information content (AvgIpc) is 2.54. The molecule has 0 heterocycles. The van der Waals surface area contributed by atoms with Crippen LogP contribution in [-0.2, 0) is 10.5 Å². The summed E-state index contributed by atoms with van der Waals surface area (Å²) in [6, 6.07) is 16.1. The van der Waals surface area contributed by atoms with Crippen LogP contribution < -0.4 is 10.1 Å². The Balaban J connectivity index is 1.59. The van der Waals surface area contributed by atoms with Crippen LogP contribution in [-0.4, -0.2) is 24.8 Å². The zero-order valence-electron chi connectivity index (χ0n) is 13.7. The molecule has 0 atom stereocenters. The second-order valence-corrected chi connectivity index (χ2v) is 6.54. The van der Waals surface area contributed by atoms with Gasteiger partial charge in [-0.15, -0.1) is 0 Å². The Morgan fingerprint density at radius 2 is 1.96 bits per heavy atom. The Morgan fingerprint density at radius 1 is 1.13 bits per heavy atom. The summed E-state index contributed by atoms with van der Waals surface area (Å²) >= 11 is 1.82. The van der Waals surface area contributed by atoms with E-state index in [2.05, 4.69) is 36.5 Å². The maximum absolute atomic E-state index is 11.7. The fourth-order valence-corrected chi connectivity index (χ4v) is 3.06. The van der Waals surface area contributed by atoms with Crippen molar-refractivity contribution in [3.8, 4) is 5.75 Å². The number of carbonyl (C=O) groups excluding carboxylic acids is 1. The van der Waals surface area contributed by atoms with Crippen LogP contribution >= 0.6 is 11.8 Å². The fraction of sp³-hybridized carbons (Fsp3) is 0.316. The van der Waals surface area contributed by atoms with Crippen molar-refractivity contribution in [1.82, 2.24) is 5.32 Å². The molecule has 1 amide bonds. The van der Waals surface area contributed by atoms with Gasteiger partial charge in [0.15, 0.2) is 6.61 Å². The highest BCUT2D eigenvalue weighted by Crippen LogP contribution is 2.15. The quantitative estimate of drug-likeness (QED) is 0.750. The molecule has 0 fully saturated rings. The van der Waals surface area contributed by atoms with Crippen LogP contribution in [0.3, 0.4) is 0 Å². The molecule has 2 rings (SSSR count). The number of amides is 1. The molecule has 0 aliphatic heterocycles. The number of nitrogens with one attached hydrogen (secondary N) is 1. The first-order valence-electron chi connectivity index (χ1n) is 7.73. The Hall–Kier alpha value is -1.94. The van der Waals surface area contributed by atoms with Gasteiger partial charge in [-0.1, -0.05) is 36.4 Å². The summed E-state index contributed by atoms with van der Waals surface area (Å²) in [5, 5.41) is 2.88. The van der Waals surface area contributed by atoms with Gasteiger partial charge >= 0.3 is 0 Å². The zero-order chi connectivity index (χ0) is 16.5. The van der Waals surface area contributed by atoms with Crippen molar-refractivity contribution in [2.45, 2.75) is 19.6 Å². The Labute approximate surface area is 142 Å².